The maximum absolute atomic E-state index is 13.3. The minimum atomic E-state index is -2.67. The molecule has 1 aliphatic carbocycles. The highest BCUT2D eigenvalue weighted by Crippen LogP contribution is 2.65. The molecule has 1 amide bonds. The Hall–Kier alpha value is -1.52. The fourth-order valence-corrected chi connectivity index (χ4v) is 3.64. The van der Waals surface area contributed by atoms with Crippen molar-refractivity contribution in [3.63, 3.8) is 0 Å². The molecule has 1 heterocycles. The third-order valence-electron chi connectivity index (χ3n) is 5.22. The minimum Gasteiger partial charge on any atom is -0.341 e. The maximum Gasteiger partial charge on any atom is 0.251 e. The molecule has 0 N–H and O–H groups in total. The van der Waals surface area contributed by atoms with E-state index in [2.05, 4.69) is 0 Å². The van der Waals surface area contributed by atoms with Crippen LogP contribution in [-0.2, 0) is 10.2 Å². The van der Waals surface area contributed by atoms with E-state index in [0.717, 1.165) is 5.56 Å². The number of carbonyl (C=O) groups is 1. The zero-order valence-corrected chi connectivity index (χ0v) is 12.8. The first-order valence-corrected chi connectivity index (χ1v) is 7.61. The van der Waals surface area contributed by atoms with Gasteiger partial charge in [-0.05, 0) is 29.5 Å². The number of amides is 1. The molecule has 2 aliphatic rings. The number of rotatable bonds is 2. The van der Waals surface area contributed by atoms with Gasteiger partial charge in [0.2, 0.25) is 5.91 Å². The first kappa shape index (κ1) is 15.4. The van der Waals surface area contributed by atoms with Crippen LogP contribution in [0.2, 0.25) is 0 Å². The number of likely N-dealkylation sites (tertiary alicyclic amines) is 1. The van der Waals surface area contributed by atoms with Crippen molar-refractivity contribution in [1.29, 1.82) is 0 Å². The van der Waals surface area contributed by atoms with Crippen molar-refractivity contribution >= 4 is 5.91 Å². The van der Waals surface area contributed by atoms with Crippen molar-refractivity contribution < 1.29 is 18.0 Å². The van der Waals surface area contributed by atoms with Crippen LogP contribution in [0.25, 0.3) is 0 Å². The molecule has 0 unspecified atom stereocenters. The molecule has 3 rings (SSSR count). The average molecular weight is 311 g/mol. The van der Waals surface area contributed by atoms with Crippen LogP contribution < -0.4 is 0 Å². The van der Waals surface area contributed by atoms with Gasteiger partial charge in [0.25, 0.3) is 5.92 Å². The molecule has 1 saturated carbocycles. The van der Waals surface area contributed by atoms with Crippen molar-refractivity contribution in [2.75, 3.05) is 13.1 Å². The Morgan fingerprint density at radius 3 is 2.05 bits per heavy atom. The highest BCUT2D eigenvalue weighted by atomic mass is 19.3. The van der Waals surface area contributed by atoms with Gasteiger partial charge in [-0.25, -0.2) is 13.2 Å². The fraction of sp³-hybridized carbons (Fsp3) is 0.588. The predicted molar refractivity (Wildman–Crippen MR) is 77.2 cm³/mol. The van der Waals surface area contributed by atoms with E-state index in [9.17, 15) is 18.0 Å². The number of alkyl halides is 2. The fourth-order valence-electron chi connectivity index (χ4n) is 3.64. The summed E-state index contributed by atoms with van der Waals surface area (Å²) in [6.45, 7) is 4.16. The number of hydrogen-bond donors (Lipinski definition) is 0. The summed E-state index contributed by atoms with van der Waals surface area (Å²) in [5.74, 6) is -3.11. The normalized spacial score (nSPS) is 29.2. The topological polar surface area (TPSA) is 20.3 Å². The van der Waals surface area contributed by atoms with Crippen LogP contribution in [0.4, 0.5) is 13.2 Å². The molecule has 120 valence electrons. The van der Waals surface area contributed by atoms with E-state index in [-0.39, 0.29) is 43.1 Å². The maximum atomic E-state index is 13.3. The number of nitrogens with zero attached hydrogens (tertiary/aromatic N) is 1. The summed E-state index contributed by atoms with van der Waals surface area (Å²) < 4.78 is 39.7. The Bertz CT molecular complexity index is 586. The summed E-state index contributed by atoms with van der Waals surface area (Å²) in [6.07, 6.45) is 0.106. The van der Waals surface area contributed by atoms with E-state index < -0.39 is 11.3 Å². The molecule has 1 saturated heterocycles. The summed E-state index contributed by atoms with van der Waals surface area (Å²) >= 11 is 0. The van der Waals surface area contributed by atoms with Crippen molar-refractivity contribution in [1.82, 2.24) is 4.90 Å². The van der Waals surface area contributed by atoms with E-state index >= 15 is 0 Å². The molecule has 5 heteroatoms. The van der Waals surface area contributed by atoms with Crippen molar-refractivity contribution in [3.8, 4) is 0 Å². The SMILES string of the molecule is CC1(C)C[C@@]1(C(=O)N1CCC(F)(F)CC1)c1ccc(F)cc1. The highest BCUT2D eigenvalue weighted by Gasteiger charge is 2.68. The minimum absolute atomic E-state index is 0.0882. The van der Waals surface area contributed by atoms with Gasteiger partial charge in [0.15, 0.2) is 0 Å². The van der Waals surface area contributed by atoms with Crippen LogP contribution in [0.15, 0.2) is 24.3 Å². The lowest BCUT2D eigenvalue weighted by Gasteiger charge is -2.35. The van der Waals surface area contributed by atoms with Gasteiger partial charge in [-0.15, -0.1) is 0 Å². The second kappa shape index (κ2) is 4.74. The Balaban J connectivity index is 1.87. The number of hydrogen-bond acceptors (Lipinski definition) is 1. The van der Waals surface area contributed by atoms with E-state index in [1.54, 1.807) is 17.0 Å². The van der Waals surface area contributed by atoms with E-state index in [1.165, 1.54) is 12.1 Å². The van der Waals surface area contributed by atoms with Gasteiger partial charge in [0.05, 0.1) is 5.41 Å². The first-order chi connectivity index (χ1) is 10.2. The molecule has 2 nitrogen and oxygen atoms in total. The Kier molecular flexibility index (Phi) is 3.31. The molecule has 0 spiro atoms. The molecule has 0 bridgehead atoms. The highest BCUT2D eigenvalue weighted by molar-refractivity contribution is 5.93. The van der Waals surface area contributed by atoms with Gasteiger partial charge < -0.3 is 4.90 Å². The van der Waals surface area contributed by atoms with Gasteiger partial charge in [-0.3, -0.25) is 4.79 Å². The monoisotopic (exact) mass is 311 g/mol. The lowest BCUT2D eigenvalue weighted by molar-refractivity contribution is -0.141. The van der Waals surface area contributed by atoms with Gasteiger partial charge in [0.1, 0.15) is 5.82 Å². The first-order valence-electron chi connectivity index (χ1n) is 7.61. The van der Waals surface area contributed by atoms with E-state index in [4.69, 9.17) is 0 Å². The molecule has 1 aromatic carbocycles. The van der Waals surface area contributed by atoms with Crippen LogP contribution in [0.5, 0.6) is 0 Å². The summed E-state index contributed by atoms with van der Waals surface area (Å²) in [4.78, 5) is 14.5. The zero-order valence-electron chi connectivity index (χ0n) is 12.8. The molecule has 1 atom stereocenters. The summed E-state index contributed by atoms with van der Waals surface area (Å²) in [7, 11) is 0. The smallest absolute Gasteiger partial charge is 0.251 e. The predicted octanol–water partition coefficient (Wildman–Crippen LogP) is 3.75. The van der Waals surface area contributed by atoms with Crippen molar-refractivity contribution in [3.05, 3.63) is 35.6 Å². The molecule has 0 aromatic heterocycles. The quantitative estimate of drug-likeness (QED) is 0.814. The van der Waals surface area contributed by atoms with Gasteiger partial charge in [0, 0.05) is 25.9 Å². The Morgan fingerprint density at radius 1 is 1.09 bits per heavy atom. The lowest BCUT2D eigenvalue weighted by atomic mass is 9.86. The lowest BCUT2D eigenvalue weighted by Crippen LogP contribution is -2.48. The molecule has 1 aliphatic heterocycles. The van der Waals surface area contributed by atoms with Crippen LogP contribution in [0.3, 0.4) is 0 Å². The Labute approximate surface area is 128 Å². The number of halogens is 3. The summed E-state index contributed by atoms with van der Waals surface area (Å²) in [6, 6.07) is 5.98. The molecule has 2 fully saturated rings. The van der Waals surface area contributed by atoms with Crippen molar-refractivity contribution in [2.45, 2.75) is 44.4 Å². The van der Waals surface area contributed by atoms with E-state index in [0.29, 0.717) is 6.42 Å². The molecule has 0 radical (unpaired) electrons. The zero-order chi connectivity index (χ0) is 16.2. The number of carbonyl (C=O) groups excluding carboxylic acids is 1. The van der Waals surface area contributed by atoms with Crippen LogP contribution in [0, 0.1) is 11.2 Å². The van der Waals surface area contributed by atoms with Crippen LogP contribution in [0.1, 0.15) is 38.7 Å². The third kappa shape index (κ3) is 2.31. The second-order valence-corrected chi connectivity index (χ2v) is 7.12. The molecule has 1 aromatic rings. The van der Waals surface area contributed by atoms with Crippen LogP contribution in [-0.4, -0.2) is 29.8 Å². The van der Waals surface area contributed by atoms with Gasteiger partial charge in [-0.2, -0.15) is 0 Å². The summed E-state index contributed by atoms with van der Waals surface area (Å²) in [5, 5.41) is 0. The van der Waals surface area contributed by atoms with Gasteiger partial charge in [-0.1, -0.05) is 26.0 Å². The largest absolute Gasteiger partial charge is 0.341 e. The van der Waals surface area contributed by atoms with Gasteiger partial charge >= 0.3 is 0 Å². The molecular weight excluding hydrogens is 291 g/mol. The second-order valence-electron chi connectivity index (χ2n) is 7.12. The Morgan fingerprint density at radius 2 is 1.59 bits per heavy atom. The third-order valence-corrected chi connectivity index (χ3v) is 5.22. The number of piperidine rings is 1. The van der Waals surface area contributed by atoms with E-state index in [1.807, 2.05) is 13.8 Å². The summed E-state index contributed by atoms with van der Waals surface area (Å²) in [5.41, 5.74) is -0.156. The number of benzene rings is 1. The van der Waals surface area contributed by atoms with Crippen molar-refractivity contribution in [2.24, 2.45) is 5.41 Å². The average Bonchev–Trinajstić information content (AvgIpc) is 3.03. The molecular formula is C17H20F3NO. The standard InChI is InChI=1S/C17H20F3NO/c1-15(2)11-17(15,12-3-5-13(18)6-4-12)14(22)21-9-7-16(19,20)8-10-21/h3-6H,7-11H2,1-2H3/t17-/m0/s1. The van der Waals surface area contributed by atoms with Crippen LogP contribution >= 0.6 is 0 Å². The molecule has 22 heavy (non-hydrogen) atoms.